The molecule has 1 aromatic carbocycles. The molecule has 4 heterocycles. The fraction of sp³-hybridized carbons (Fsp3) is 0.500. The Morgan fingerprint density at radius 3 is 3.12 bits per heavy atom. The normalized spacial score (nSPS) is 26.6. The Balaban J connectivity index is 1.43. The van der Waals surface area contributed by atoms with Gasteiger partial charge in [0, 0.05) is 43.2 Å². The predicted octanol–water partition coefficient (Wildman–Crippen LogP) is 2.47. The van der Waals surface area contributed by atoms with Gasteiger partial charge >= 0.3 is 6.01 Å². The molecule has 0 radical (unpaired) electrons. The second-order valence-electron chi connectivity index (χ2n) is 7.25. The standard InChI is InChI=1S/C18H20FN5O/c1-23-10-14-13-8-20-17(21-15(13)3-4-16(14)22-23)25-11-18-5-2-6-24(18)9-12(19)7-18/h3-4,8,10,12H,2,5-7,9,11H2,1H3/t12-,18+/m1/s1. The zero-order valence-electron chi connectivity index (χ0n) is 14.2. The van der Waals surface area contributed by atoms with Gasteiger partial charge in [-0.25, -0.2) is 9.37 Å². The van der Waals surface area contributed by atoms with Gasteiger partial charge in [-0.05, 0) is 31.5 Å². The maximum Gasteiger partial charge on any atom is 0.316 e. The Labute approximate surface area is 144 Å². The van der Waals surface area contributed by atoms with Crippen LogP contribution in [0.15, 0.2) is 24.5 Å². The van der Waals surface area contributed by atoms with Crippen LogP contribution < -0.4 is 4.74 Å². The lowest BCUT2D eigenvalue weighted by molar-refractivity contribution is 0.107. The van der Waals surface area contributed by atoms with Crippen molar-refractivity contribution >= 4 is 21.8 Å². The Bertz CT molecular complexity index is 957. The predicted molar refractivity (Wildman–Crippen MR) is 92.4 cm³/mol. The van der Waals surface area contributed by atoms with Crippen molar-refractivity contribution in [2.75, 3.05) is 19.7 Å². The minimum absolute atomic E-state index is 0.176. The number of hydrogen-bond donors (Lipinski definition) is 0. The number of ether oxygens (including phenoxy) is 1. The zero-order chi connectivity index (χ0) is 17.0. The van der Waals surface area contributed by atoms with E-state index >= 15 is 0 Å². The number of aromatic nitrogens is 4. The number of hydrogen-bond acceptors (Lipinski definition) is 5. The fourth-order valence-electron chi connectivity index (χ4n) is 4.42. The molecule has 0 aliphatic carbocycles. The van der Waals surface area contributed by atoms with Crippen LogP contribution in [0.5, 0.6) is 6.01 Å². The highest BCUT2D eigenvalue weighted by molar-refractivity contribution is 6.04. The summed E-state index contributed by atoms with van der Waals surface area (Å²) in [5.74, 6) is 0. The highest BCUT2D eigenvalue weighted by Crippen LogP contribution is 2.40. The van der Waals surface area contributed by atoms with Crippen LogP contribution in [0.1, 0.15) is 19.3 Å². The van der Waals surface area contributed by atoms with Crippen molar-refractivity contribution in [1.29, 1.82) is 0 Å². The number of halogens is 1. The Kier molecular flexibility index (Phi) is 3.22. The van der Waals surface area contributed by atoms with Crippen LogP contribution in [0.4, 0.5) is 4.39 Å². The summed E-state index contributed by atoms with van der Waals surface area (Å²) in [5, 5.41) is 6.40. The summed E-state index contributed by atoms with van der Waals surface area (Å²) in [4.78, 5) is 11.2. The first-order chi connectivity index (χ1) is 12.1. The molecule has 2 fully saturated rings. The molecular formula is C18H20FN5O. The van der Waals surface area contributed by atoms with Crippen molar-refractivity contribution in [3.8, 4) is 6.01 Å². The molecule has 2 aromatic heterocycles. The van der Waals surface area contributed by atoms with E-state index in [2.05, 4.69) is 20.0 Å². The largest absolute Gasteiger partial charge is 0.461 e. The summed E-state index contributed by atoms with van der Waals surface area (Å²) in [7, 11) is 1.90. The van der Waals surface area contributed by atoms with Gasteiger partial charge in [-0.3, -0.25) is 9.58 Å². The lowest BCUT2D eigenvalue weighted by Gasteiger charge is -2.30. The molecule has 6 nitrogen and oxygen atoms in total. The van der Waals surface area contributed by atoms with Crippen molar-refractivity contribution in [3.05, 3.63) is 24.5 Å². The molecule has 2 saturated heterocycles. The van der Waals surface area contributed by atoms with Crippen LogP contribution in [0.2, 0.25) is 0 Å². The van der Waals surface area contributed by atoms with Crippen molar-refractivity contribution in [3.63, 3.8) is 0 Å². The molecule has 130 valence electrons. The Morgan fingerprint density at radius 2 is 2.20 bits per heavy atom. The number of nitrogens with zero attached hydrogens (tertiary/aromatic N) is 5. The SMILES string of the molecule is Cn1cc2c(ccc3nc(OC[C@@]45CCCN4C[C@H](F)C5)ncc32)n1. The minimum Gasteiger partial charge on any atom is -0.461 e. The van der Waals surface area contributed by atoms with E-state index in [0.29, 0.717) is 25.6 Å². The number of alkyl halides is 1. The van der Waals surface area contributed by atoms with Crippen LogP contribution in [0.3, 0.4) is 0 Å². The van der Waals surface area contributed by atoms with Gasteiger partial charge in [0.2, 0.25) is 0 Å². The topological polar surface area (TPSA) is 56.1 Å². The van der Waals surface area contributed by atoms with E-state index in [1.165, 1.54) is 0 Å². The zero-order valence-corrected chi connectivity index (χ0v) is 14.2. The van der Waals surface area contributed by atoms with Gasteiger partial charge in [0.1, 0.15) is 12.8 Å². The van der Waals surface area contributed by atoms with E-state index in [0.717, 1.165) is 41.2 Å². The van der Waals surface area contributed by atoms with E-state index < -0.39 is 6.17 Å². The third kappa shape index (κ3) is 2.37. The molecular weight excluding hydrogens is 321 g/mol. The molecule has 2 atom stereocenters. The summed E-state index contributed by atoms with van der Waals surface area (Å²) < 4.78 is 21.5. The quantitative estimate of drug-likeness (QED) is 0.732. The summed E-state index contributed by atoms with van der Waals surface area (Å²) >= 11 is 0. The molecule has 0 unspecified atom stereocenters. The second-order valence-corrected chi connectivity index (χ2v) is 7.25. The van der Waals surface area contributed by atoms with E-state index in [4.69, 9.17) is 4.74 Å². The van der Waals surface area contributed by atoms with E-state index in [1.54, 1.807) is 10.9 Å². The highest BCUT2D eigenvalue weighted by atomic mass is 19.1. The molecule has 7 heteroatoms. The third-order valence-electron chi connectivity index (χ3n) is 5.57. The first-order valence-corrected chi connectivity index (χ1v) is 8.74. The van der Waals surface area contributed by atoms with Gasteiger partial charge in [0.25, 0.3) is 0 Å². The van der Waals surface area contributed by atoms with Crippen LogP contribution in [-0.4, -0.2) is 56.1 Å². The van der Waals surface area contributed by atoms with Gasteiger partial charge in [-0.2, -0.15) is 10.1 Å². The van der Waals surface area contributed by atoms with E-state index in [-0.39, 0.29) is 5.54 Å². The average molecular weight is 341 g/mol. The van der Waals surface area contributed by atoms with E-state index in [1.807, 2.05) is 25.4 Å². The summed E-state index contributed by atoms with van der Waals surface area (Å²) in [6, 6.07) is 4.25. The molecule has 2 aliphatic heterocycles. The van der Waals surface area contributed by atoms with Crippen molar-refractivity contribution < 1.29 is 9.13 Å². The summed E-state index contributed by atoms with van der Waals surface area (Å²) in [6.07, 6.45) is 5.65. The monoisotopic (exact) mass is 341 g/mol. The average Bonchev–Trinajstić information content (AvgIpc) is 3.23. The van der Waals surface area contributed by atoms with Crippen molar-refractivity contribution in [2.24, 2.45) is 7.05 Å². The molecule has 0 N–H and O–H groups in total. The van der Waals surface area contributed by atoms with Gasteiger partial charge < -0.3 is 4.74 Å². The smallest absolute Gasteiger partial charge is 0.316 e. The lowest BCUT2D eigenvalue weighted by Crippen LogP contribution is -2.43. The molecule has 5 rings (SSSR count). The summed E-state index contributed by atoms with van der Waals surface area (Å²) in [5.41, 5.74) is 1.58. The van der Waals surface area contributed by atoms with E-state index in [9.17, 15) is 4.39 Å². The first kappa shape index (κ1) is 15.0. The number of rotatable bonds is 3. The van der Waals surface area contributed by atoms with Gasteiger partial charge in [-0.15, -0.1) is 0 Å². The molecule has 3 aromatic rings. The van der Waals surface area contributed by atoms with Crippen molar-refractivity contribution in [2.45, 2.75) is 31.0 Å². The lowest BCUT2D eigenvalue weighted by atomic mass is 9.95. The number of fused-ring (bicyclic) bond motifs is 4. The van der Waals surface area contributed by atoms with Gasteiger partial charge in [0.15, 0.2) is 0 Å². The van der Waals surface area contributed by atoms with Crippen LogP contribution in [0, 0.1) is 0 Å². The van der Waals surface area contributed by atoms with Crippen LogP contribution >= 0.6 is 0 Å². The van der Waals surface area contributed by atoms with Crippen molar-refractivity contribution in [1.82, 2.24) is 24.6 Å². The second kappa shape index (κ2) is 5.36. The number of aryl methyl sites for hydroxylation is 1. The molecule has 25 heavy (non-hydrogen) atoms. The van der Waals surface area contributed by atoms with Gasteiger partial charge in [0.05, 0.1) is 16.6 Å². The van der Waals surface area contributed by atoms with Crippen LogP contribution in [-0.2, 0) is 7.05 Å². The molecule has 0 spiro atoms. The fourth-order valence-corrected chi connectivity index (χ4v) is 4.42. The third-order valence-corrected chi connectivity index (χ3v) is 5.57. The molecule has 0 saturated carbocycles. The Hall–Kier alpha value is -2.28. The highest BCUT2D eigenvalue weighted by Gasteiger charge is 2.49. The maximum atomic E-state index is 13.8. The first-order valence-electron chi connectivity index (χ1n) is 8.74. The van der Waals surface area contributed by atoms with Gasteiger partial charge in [-0.1, -0.05) is 0 Å². The number of benzene rings is 1. The molecule has 2 aliphatic rings. The maximum absolute atomic E-state index is 13.8. The minimum atomic E-state index is -0.750. The van der Waals surface area contributed by atoms with Crippen LogP contribution in [0.25, 0.3) is 21.8 Å². The Morgan fingerprint density at radius 1 is 1.32 bits per heavy atom. The summed E-state index contributed by atoms with van der Waals surface area (Å²) in [6.45, 7) is 1.94. The molecule has 0 amide bonds. The molecule has 0 bridgehead atoms.